The third-order valence-corrected chi connectivity index (χ3v) is 4.59. The molecule has 6 heteroatoms. The van der Waals surface area contributed by atoms with E-state index in [-0.39, 0.29) is 5.02 Å². The third-order valence-electron chi connectivity index (χ3n) is 3.29. The lowest BCUT2D eigenvalue weighted by atomic mass is 10.0. The number of nitrogens with two attached hydrogens (primary N) is 1. The van der Waals surface area contributed by atoms with Crippen molar-refractivity contribution in [3.05, 3.63) is 46.0 Å². The van der Waals surface area contributed by atoms with E-state index in [0.717, 1.165) is 9.75 Å². The molecule has 0 saturated heterocycles. The molecule has 0 radical (unpaired) electrons. The van der Waals surface area contributed by atoms with Crippen molar-refractivity contribution in [1.29, 1.82) is 0 Å². The van der Waals surface area contributed by atoms with E-state index in [2.05, 4.69) is 5.10 Å². The molecule has 0 aliphatic heterocycles. The summed E-state index contributed by atoms with van der Waals surface area (Å²) in [5, 5.41) is 4.51. The van der Waals surface area contributed by atoms with Gasteiger partial charge in [-0.05, 0) is 25.1 Å². The molecular formula is C15H13ClFN3S. The molecule has 0 amide bonds. The first kappa shape index (κ1) is 14.1. The number of anilines is 1. The van der Waals surface area contributed by atoms with Gasteiger partial charge in [0.25, 0.3) is 0 Å². The summed E-state index contributed by atoms with van der Waals surface area (Å²) < 4.78 is 15.9. The minimum Gasteiger partial charge on any atom is -0.383 e. The van der Waals surface area contributed by atoms with Crippen LogP contribution in [0.3, 0.4) is 0 Å². The molecule has 3 nitrogen and oxygen atoms in total. The van der Waals surface area contributed by atoms with Crippen LogP contribution in [-0.2, 0) is 7.05 Å². The molecule has 108 valence electrons. The highest BCUT2D eigenvalue weighted by Crippen LogP contribution is 2.40. The van der Waals surface area contributed by atoms with E-state index in [1.54, 1.807) is 35.2 Å². The second kappa shape index (κ2) is 5.16. The number of benzene rings is 1. The lowest BCUT2D eigenvalue weighted by Crippen LogP contribution is -1.98. The van der Waals surface area contributed by atoms with Crippen molar-refractivity contribution >= 4 is 28.8 Å². The Hall–Kier alpha value is -1.85. The fourth-order valence-electron chi connectivity index (χ4n) is 2.23. The first-order valence-electron chi connectivity index (χ1n) is 6.32. The topological polar surface area (TPSA) is 43.8 Å². The van der Waals surface area contributed by atoms with Crippen LogP contribution in [0.15, 0.2) is 30.3 Å². The molecule has 0 aliphatic rings. The lowest BCUT2D eigenvalue weighted by molar-refractivity contribution is 0.632. The van der Waals surface area contributed by atoms with Gasteiger partial charge in [-0.25, -0.2) is 4.39 Å². The normalized spacial score (nSPS) is 11.0. The van der Waals surface area contributed by atoms with E-state index in [1.165, 1.54) is 6.07 Å². The summed E-state index contributed by atoms with van der Waals surface area (Å²) in [5.41, 5.74) is 7.72. The number of nitrogen functional groups attached to an aromatic ring is 1. The van der Waals surface area contributed by atoms with Crippen molar-refractivity contribution in [2.24, 2.45) is 7.05 Å². The van der Waals surface area contributed by atoms with E-state index in [4.69, 9.17) is 17.3 Å². The van der Waals surface area contributed by atoms with Crippen molar-refractivity contribution in [3.8, 4) is 21.7 Å². The summed E-state index contributed by atoms with van der Waals surface area (Å²) in [4.78, 5) is 2.11. The molecule has 0 fully saturated rings. The number of thiophene rings is 1. The van der Waals surface area contributed by atoms with Crippen LogP contribution in [0.4, 0.5) is 10.2 Å². The van der Waals surface area contributed by atoms with Crippen molar-refractivity contribution in [1.82, 2.24) is 9.78 Å². The quantitative estimate of drug-likeness (QED) is 0.755. The molecule has 0 unspecified atom stereocenters. The second-order valence-electron chi connectivity index (χ2n) is 4.74. The molecule has 21 heavy (non-hydrogen) atoms. The van der Waals surface area contributed by atoms with Crippen LogP contribution >= 0.6 is 22.9 Å². The molecule has 0 bridgehead atoms. The first-order valence-corrected chi connectivity index (χ1v) is 7.52. The third kappa shape index (κ3) is 2.32. The van der Waals surface area contributed by atoms with Crippen LogP contribution in [0.2, 0.25) is 5.02 Å². The average Bonchev–Trinajstić information content (AvgIpc) is 2.99. The zero-order valence-electron chi connectivity index (χ0n) is 11.5. The van der Waals surface area contributed by atoms with Gasteiger partial charge in [-0.15, -0.1) is 11.3 Å². The minimum atomic E-state index is -0.478. The summed E-state index contributed by atoms with van der Waals surface area (Å²) in [5.74, 6) is -0.0642. The van der Waals surface area contributed by atoms with Gasteiger partial charge < -0.3 is 5.73 Å². The maximum absolute atomic E-state index is 14.4. The SMILES string of the molecule is Cc1ccc(-c2nn(C)c(N)c2-c2cccc(Cl)c2F)s1. The summed E-state index contributed by atoms with van der Waals surface area (Å²) in [7, 11) is 1.74. The number of hydrogen-bond donors (Lipinski definition) is 1. The van der Waals surface area contributed by atoms with Crippen LogP contribution in [0.1, 0.15) is 4.88 Å². The fourth-order valence-corrected chi connectivity index (χ4v) is 3.27. The molecule has 2 aromatic heterocycles. The summed E-state index contributed by atoms with van der Waals surface area (Å²) in [6.07, 6.45) is 0. The molecule has 2 N–H and O–H groups in total. The van der Waals surface area contributed by atoms with Crippen LogP contribution < -0.4 is 5.73 Å². The van der Waals surface area contributed by atoms with Gasteiger partial charge in [0.05, 0.1) is 15.5 Å². The molecular weight excluding hydrogens is 309 g/mol. The molecule has 0 atom stereocenters. The smallest absolute Gasteiger partial charge is 0.149 e. The Balaban J connectivity index is 2.29. The highest BCUT2D eigenvalue weighted by Gasteiger charge is 2.21. The van der Waals surface area contributed by atoms with E-state index in [0.29, 0.717) is 22.6 Å². The zero-order valence-corrected chi connectivity index (χ0v) is 13.1. The van der Waals surface area contributed by atoms with E-state index in [9.17, 15) is 4.39 Å². The lowest BCUT2D eigenvalue weighted by Gasteiger charge is -2.06. The Labute approximate surface area is 130 Å². The molecule has 3 rings (SSSR count). The van der Waals surface area contributed by atoms with Crippen LogP contribution in [-0.4, -0.2) is 9.78 Å². The van der Waals surface area contributed by atoms with Crippen LogP contribution in [0, 0.1) is 12.7 Å². The van der Waals surface area contributed by atoms with Crippen LogP contribution in [0.5, 0.6) is 0 Å². The van der Waals surface area contributed by atoms with Gasteiger partial charge in [-0.1, -0.05) is 23.7 Å². The molecule has 1 aromatic carbocycles. The minimum absolute atomic E-state index is 0.0732. The molecule has 0 aliphatic carbocycles. The molecule has 2 heterocycles. The Kier molecular flexibility index (Phi) is 3.47. The maximum Gasteiger partial charge on any atom is 0.149 e. The number of aromatic nitrogens is 2. The highest BCUT2D eigenvalue weighted by molar-refractivity contribution is 7.15. The molecule has 3 aromatic rings. The Morgan fingerprint density at radius 3 is 2.71 bits per heavy atom. The van der Waals surface area contributed by atoms with Gasteiger partial charge in [-0.2, -0.15) is 5.10 Å². The second-order valence-corrected chi connectivity index (χ2v) is 6.44. The number of hydrogen-bond acceptors (Lipinski definition) is 3. The van der Waals surface area contributed by atoms with Crippen molar-refractivity contribution in [2.45, 2.75) is 6.92 Å². The summed E-state index contributed by atoms with van der Waals surface area (Å²) >= 11 is 7.48. The predicted molar refractivity (Wildman–Crippen MR) is 86.1 cm³/mol. The predicted octanol–water partition coefficient (Wildman–Crippen LogP) is 4.50. The van der Waals surface area contributed by atoms with E-state index >= 15 is 0 Å². The maximum atomic E-state index is 14.4. The van der Waals surface area contributed by atoms with Crippen molar-refractivity contribution in [3.63, 3.8) is 0 Å². The average molecular weight is 322 g/mol. The summed E-state index contributed by atoms with van der Waals surface area (Å²) in [6.45, 7) is 2.01. The van der Waals surface area contributed by atoms with E-state index < -0.39 is 5.82 Å². The van der Waals surface area contributed by atoms with Crippen molar-refractivity contribution < 1.29 is 4.39 Å². The fraction of sp³-hybridized carbons (Fsp3) is 0.133. The number of aryl methyl sites for hydroxylation is 2. The number of halogens is 2. The standard InChI is InChI=1S/C15H13ClFN3S/c1-8-6-7-11(21-8)14-12(15(18)20(2)19-14)9-4-3-5-10(16)13(9)17/h3-7H,18H2,1-2H3. The Morgan fingerprint density at radius 2 is 2.05 bits per heavy atom. The van der Waals surface area contributed by atoms with Gasteiger partial charge >= 0.3 is 0 Å². The van der Waals surface area contributed by atoms with Gasteiger partial charge in [0.15, 0.2) is 0 Å². The highest BCUT2D eigenvalue weighted by atomic mass is 35.5. The van der Waals surface area contributed by atoms with Crippen LogP contribution in [0.25, 0.3) is 21.7 Å². The van der Waals surface area contributed by atoms with Gasteiger partial charge in [0.1, 0.15) is 17.3 Å². The van der Waals surface area contributed by atoms with E-state index in [1.807, 2.05) is 19.1 Å². The number of nitrogens with zero attached hydrogens (tertiary/aromatic N) is 2. The molecule has 0 spiro atoms. The van der Waals surface area contributed by atoms with Crippen molar-refractivity contribution in [2.75, 3.05) is 5.73 Å². The molecule has 0 saturated carbocycles. The zero-order chi connectivity index (χ0) is 15.1. The summed E-state index contributed by atoms with van der Waals surface area (Å²) in [6, 6.07) is 8.85. The largest absolute Gasteiger partial charge is 0.383 e. The van der Waals surface area contributed by atoms with Gasteiger partial charge in [-0.3, -0.25) is 4.68 Å². The monoisotopic (exact) mass is 321 g/mol. The first-order chi connectivity index (χ1) is 9.99. The Bertz CT molecular complexity index is 822. The van der Waals surface area contributed by atoms with Gasteiger partial charge in [0.2, 0.25) is 0 Å². The van der Waals surface area contributed by atoms with Gasteiger partial charge in [0, 0.05) is 17.5 Å². The Morgan fingerprint density at radius 1 is 1.29 bits per heavy atom. The number of rotatable bonds is 2.